The molecule has 1 fully saturated rings. The number of nitrogens with zero attached hydrogens (tertiary/aromatic N) is 1. The van der Waals surface area contributed by atoms with E-state index in [4.69, 9.17) is 16.9 Å². The molecule has 1 saturated carbocycles. The highest BCUT2D eigenvalue weighted by atomic mass is 35.5. The van der Waals surface area contributed by atoms with Gasteiger partial charge in [-0.1, -0.05) is 30.5 Å². The Labute approximate surface area is 122 Å². The lowest BCUT2D eigenvalue weighted by atomic mass is 10.1. The van der Waals surface area contributed by atoms with Crippen LogP contribution >= 0.6 is 11.6 Å². The summed E-state index contributed by atoms with van der Waals surface area (Å²) in [5, 5.41) is 21.5. The van der Waals surface area contributed by atoms with Gasteiger partial charge in [-0.05, 0) is 36.6 Å². The second-order valence-corrected chi connectivity index (χ2v) is 5.24. The third kappa shape index (κ3) is 3.52. The van der Waals surface area contributed by atoms with Crippen LogP contribution in [-0.2, 0) is 4.79 Å². The van der Waals surface area contributed by atoms with Gasteiger partial charge in [0.1, 0.15) is 17.4 Å². The molecule has 1 aromatic rings. The molecular weight excluding hydrogens is 276 g/mol. The van der Waals surface area contributed by atoms with Crippen LogP contribution in [0.15, 0.2) is 23.8 Å². The minimum atomic E-state index is -0.358. The Hall–Kier alpha value is -1.99. The maximum atomic E-state index is 12.0. The van der Waals surface area contributed by atoms with Gasteiger partial charge in [-0.25, -0.2) is 0 Å². The number of benzene rings is 1. The van der Waals surface area contributed by atoms with Gasteiger partial charge in [0.15, 0.2) is 0 Å². The molecular formula is C15H15ClN2O2. The van der Waals surface area contributed by atoms with E-state index in [1.54, 1.807) is 6.07 Å². The lowest BCUT2D eigenvalue weighted by Crippen LogP contribution is -2.33. The summed E-state index contributed by atoms with van der Waals surface area (Å²) in [7, 11) is 0. The van der Waals surface area contributed by atoms with Gasteiger partial charge in [0.25, 0.3) is 5.91 Å². The molecule has 104 valence electrons. The standard InChI is InChI=1S/C15H15ClN2O2/c16-13-8-10(5-6-14(13)19)7-11(9-17)15(20)18-12-3-1-2-4-12/h5-8,12,19H,1-4H2,(H,18,20). The number of nitriles is 1. The Bertz CT molecular complexity index is 584. The molecule has 2 rings (SSSR count). The number of phenolic OH excluding ortho intramolecular Hbond substituents is 1. The molecule has 1 aromatic carbocycles. The molecule has 0 bridgehead atoms. The SMILES string of the molecule is N#CC(=Cc1ccc(O)c(Cl)c1)C(=O)NC1CCCC1. The molecule has 1 amide bonds. The first-order valence-electron chi connectivity index (χ1n) is 6.51. The number of nitrogens with one attached hydrogen (secondary N) is 1. The van der Waals surface area contributed by atoms with Crippen molar-refractivity contribution in [3.8, 4) is 11.8 Å². The highest BCUT2D eigenvalue weighted by Gasteiger charge is 2.19. The van der Waals surface area contributed by atoms with Crippen LogP contribution in [0.3, 0.4) is 0 Å². The molecule has 1 aliphatic carbocycles. The zero-order valence-electron chi connectivity index (χ0n) is 10.9. The zero-order chi connectivity index (χ0) is 14.5. The van der Waals surface area contributed by atoms with Crippen molar-refractivity contribution in [3.63, 3.8) is 0 Å². The number of amides is 1. The summed E-state index contributed by atoms with van der Waals surface area (Å²) in [5.41, 5.74) is 0.643. The van der Waals surface area contributed by atoms with Gasteiger partial charge in [-0.3, -0.25) is 4.79 Å². The van der Waals surface area contributed by atoms with Crippen LogP contribution in [0.25, 0.3) is 6.08 Å². The third-order valence-corrected chi connectivity index (χ3v) is 3.64. The van der Waals surface area contributed by atoms with E-state index in [9.17, 15) is 9.90 Å². The minimum Gasteiger partial charge on any atom is -0.506 e. The second-order valence-electron chi connectivity index (χ2n) is 4.84. The number of phenols is 1. The van der Waals surface area contributed by atoms with Crippen molar-refractivity contribution in [2.45, 2.75) is 31.7 Å². The van der Waals surface area contributed by atoms with E-state index in [1.165, 1.54) is 18.2 Å². The molecule has 0 heterocycles. The Morgan fingerprint density at radius 3 is 2.75 bits per heavy atom. The van der Waals surface area contributed by atoms with E-state index in [-0.39, 0.29) is 28.3 Å². The monoisotopic (exact) mass is 290 g/mol. The van der Waals surface area contributed by atoms with E-state index in [0.29, 0.717) is 5.56 Å². The molecule has 0 aromatic heterocycles. The molecule has 2 N–H and O–H groups in total. The average molecular weight is 291 g/mol. The van der Waals surface area contributed by atoms with Crippen LogP contribution < -0.4 is 5.32 Å². The Morgan fingerprint density at radius 2 is 2.15 bits per heavy atom. The quantitative estimate of drug-likeness (QED) is 0.664. The second kappa shape index (κ2) is 6.44. The maximum absolute atomic E-state index is 12.0. The predicted octanol–water partition coefficient (Wildman–Crippen LogP) is 3.01. The van der Waals surface area contributed by atoms with Crippen LogP contribution in [0.1, 0.15) is 31.2 Å². The first kappa shape index (κ1) is 14.4. The summed E-state index contributed by atoms with van der Waals surface area (Å²) < 4.78 is 0. The van der Waals surface area contributed by atoms with Crippen molar-refractivity contribution in [2.24, 2.45) is 0 Å². The maximum Gasteiger partial charge on any atom is 0.262 e. The Balaban J connectivity index is 2.13. The Morgan fingerprint density at radius 1 is 1.45 bits per heavy atom. The first-order chi connectivity index (χ1) is 9.60. The summed E-state index contributed by atoms with van der Waals surface area (Å²) in [4.78, 5) is 12.0. The number of aromatic hydroxyl groups is 1. The molecule has 0 unspecified atom stereocenters. The summed E-state index contributed by atoms with van der Waals surface area (Å²) in [6.45, 7) is 0. The topological polar surface area (TPSA) is 73.1 Å². The van der Waals surface area contributed by atoms with Crippen LogP contribution in [0.4, 0.5) is 0 Å². The van der Waals surface area contributed by atoms with Gasteiger partial charge in [0, 0.05) is 6.04 Å². The summed E-state index contributed by atoms with van der Waals surface area (Å²) >= 11 is 5.79. The Kier molecular flexibility index (Phi) is 4.65. The van der Waals surface area contributed by atoms with E-state index >= 15 is 0 Å². The van der Waals surface area contributed by atoms with E-state index in [0.717, 1.165) is 25.7 Å². The number of hydrogen-bond donors (Lipinski definition) is 2. The smallest absolute Gasteiger partial charge is 0.262 e. The van der Waals surface area contributed by atoms with Crippen molar-refractivity contribution in [3.05, 3.63) is 34.4 Å². The predicted molar refractivity (Wildman–Crippen MR) is 77.1 cm³/mol. The molecule has 0 spiro atoms. The van der Waals surface area contributed by atoms with Crippen LogP contribution in [-0.4, -0.2) is 17.1 Å². The van der Waals surface area contributed by atoms with Crippen LogP contribution in [0, 0.1) is 11.3 Å². The molecule has 0 atom stereocenters. The van der Waals surface area contributed by atoms with Crippen molar-refractivity contribution in [1.29, 1.82) is 5.26 Å². The summed E-state index contributed by atoms with van der Waals surface area (Å²) in [5.74, 6) is -0.388. The number of halogens is 1. The van der Waals surface area contributed by atoms with Gasteiger partial charge >= 0.3 is 0 Å². The normalized spacial score (nSPS) is 15.9. The molecule has 0 saturated heterocycles. The number of carbonyl (C=O) groups excluding carboxylic acids is 1. The fourth-order valence-corrected chi connectivity index (χ4v) is 2.45. The molecule has 20 heavy (non-hydrogen) atoms. The molecule has 5 heteroatoms. The van der Waals surface area contributed by atoms with Gasteiger partial charge in [-0.2, -0.15) is 5.26 Å². The van der Waals surface area contributed by atoms with Gasteiger partial charge in [0.2, 0.25) is 0 Å². The minimum absolute atomic E-state index is 0.0299. The van der Waals surface area contributed by atoms with Crippen molar-refractivity contribution in [1.82, 2.24) is 5.32 Å². The summed E-state index contributed by atoms with van der Waals surface area (Å²) in [6.07, 6.45) is 5.63. The molecule has 0 radical (unpaired) electrons. The van der Waals surface area contributed by atoms with Crippen LogP contribution in [0.2, 0.25) is 5.02 Å². The first-order valence-corrected chi connectivity index (χ1v) is 6.89. The fraction of sp³-hybridized carbons (Fsp3) is 0.333. The summed E-state index contributed by atoms with van der Waals surface area (Å²) in [6, 6.07) is 6.61. The molecule has 1 aliphatic rings. The van der Waals surface area contributed by atoms with Crippen molar-refractivity contribution < 1.29 is 9.90 Å². The largest absolute Gasteiger partial charge is 0.506 e. The molecule has 4 nitrogen and oxygen atoms in total. The van der Waals surface area contributed by atoms with E-state index in [1.807, 2.05) is 6.07 Å². The molecule has 0 aliphatic heterocycles. The van der Waals surface area contributed by atoms with E-state index < -0.39 is 0 Å². The van der Waals surface area contributed by atoms with Gasteiger partial charge in [-0.15, -0.1) is 0 Å². The van der Waals surface area contributed by atoms with Crippen LogP contribution in [0.5, 0.6) is 5.75 Å². The van der Waals surface area contributed by atoms with Crippen molar-refractivity contribution in [2.75, 3.05) is 0 Å². The highest BCUT2D eigenvalue weighted by molar-refractivity contribution is 6.32. The lowest BCUT2D eigenvalue weighted by Gasteiger charge is -2.11. The fourth-order valence-electron chi connectivity index (χ4n) is 2.26. The highest BCUT2D eigenvalue weighted by Crippen LogP contribution is 2.25. The van der Waals surface area contributed by atoms with Gasteiger partial charge < -0.3 is 10.4 Å². The number of hydrogen-bond acceptors (Lipinski definition) is 3. The lowest BCUT2D eigenvalue weighted by molar-refractivity contribution is -0.117. The third-order valence-electron chi connectivity index (χ3n) is 3.34. The zero-order valence-corrected chi connectivity index (χ0v) is 11.7. The van der Waals surface area contributed by atoms with Crippen molar-refractivity contribution >= 4 is 23.6 Å². The van der Waals surface area contributed by atoms with Gasteiger partial charge in [0.05, 0.1) is 5.02 Å². The number of carbonyl (C=O) groups is 1. The van der Waals surface area contributed by atoms with E-state index in [2.05, 4.69) is 5.32 Å². The number of rotatable bonds is 3. The average Bonchev–Trinajstić information content (AvgIpc) is 2.92.